The zero-order valence-electron chi connectivity index (χ0n) is 17.1. The van der Waals surface area contributed by atoms with E-state index in [0.29, 0.717) is 36.0 Å². The third-order valence-electron chi connectivity index (χ3n) is 5.82. The van der Waals surface area contributed by atoms with Crippen LogP contribution in [-0.4, -0.2) is 57.0 Å². The van der Waals surface area contributed by atoms with Crippen LogP contribution in [0.15, 0.2) is 18.2 Å². The minimum absolute atomic E-state index is 0.0739. The molecule has 1 saturated heterocycles. The SMILES string of the molecule is CC(=O)c1cccc2c1OB(O)[C@@H](CC(=O)Cc1nnn(CC3CCNCC3)n1)C2. The van der Waals surface area contributed by atoms with E-state index in [1.165, 1.54) is 6.92 Å². The Kier molecular flexibility index (Phi) is 6.24. The zero-order chi connectivity index (χ0) is 21.1. The summed E-state index contributed by atoms with van der Waals surface area (Å²) in [6.07, 6.45) is 2.87. The molecule has 1 aromatic heterocycles. The minimum atomic E-state index is -1.13. The number of hydrogen-bond donors (Lipinski definition) is 2. The highest BCUT2D eigenvalue weighted by Crippen LogP contribution is 2.36. The van der Waals surface area contributed by atoms with Crippen molar-refractivity contribution in [1.82, 2.24) is 25.5 Å². The van der Waals surface area contributed by atoms with Crippen LogP contribution in [0.1, 0.15) is 47.9 Å². The van der Waals surface area contributed by atoms with Crippen molar-refractivity contribution < 1.29 is 19.3 Å². The zero-order valence-corrected chi connectivity index (χ0v) is 17.1. The molecule has 2 aromatic rings. The van der Waals surface area contributed by atoms with Crippen LogP contribution in [0, 0.1) is 5.92 Å². The van der Waals surface area contributed by atoms with Gasteiger partial charge in [0.05, 0.1) is 18.5 Å². The Morgan fingerprint density at radius 1 is 1.33 bits per heavy atom. The Hall–Kier alpha value is -2.59. The third-order valence-corrected chi connectivity index (χ3v) is 5.82. The summed E-state index contributed by atoms with van der Waals surface area (Å²) in [4.78, 5) is 25.9. The highest BCUT2D eigenvalue weighted by atomic mass is 16.5. The summed E-state index contributed by atoms with van der Waals surface area (Å²) in [7, 11) is -1.13. The molecule has 1 fully saturated rings. The second kappa shape index (κ2) is 9.05. The molecule has 158 valence electrons. The van der Waals surface area contributed by atoms with Crippen LogP contribution in [0.2, 0.25) is 5.82 Å². The molecule has 2 aliphatic heterocycles. The summed E-state index contributed by atoms with van der Waals surface area (Å²) in [5.74, 6) is 0.779. The van der Waals surface area contributed by atoms with Gasteiger partial charge < -0.3 is 15.0 Å². The lowest BCUT2D eigenvalue weighted by molar-refractivity contribution is -0.118. The first-order valence-electron chi connectivity index (χ1n) is 10.5. The van der Waals surface area contributed by atoms with Gasteiger partial charge in [-0.1, -0.05) is 12.1 Å². The lowest BCUT2D eigenvalue weighted by Gasteiger charge is -2.28. The number of hydrogen-bond acceptors (Lipinski definition) is 8. The average Bonchev–Trinajstić information content (AvgIpc) is 3.15. The van der Waals surface area contributed by atoms with Gasteiger partial charge in [0.2, 0.25) is 0 Å². The third kappa shape index (κ3) is 4.76. The largest absolute Gasteiger partial charge is 0.535 e. The van der Waals surface area contributed by atoms with Crippen molar-refractivity contribution in [3.8, 4) is 5.75 Å². The number of carbonyl (C=O) groups is 2. The molecule has 0 spiro atoms. The first-order chi connectivity index (χ1) is 14.5. The Morgan fingerprint density at radius 3 is 2.90 bits per heavy atom. The number of fused-ring (bicyclic) bond motifs is 1. The van der Waals surface area contributed by atoms with Gasteiger partial charge >= 0.3 is 7.12 Å². The van der Waals surface area contributed by atoms with Crippen molar-refractivity contribution in [3.05, 3.63) is 35.2 Å². The lowest BCUT2D eigenvalue weighted by atomic mass is 9.64. The molecule has 1 aromatic carbocycles. The van der Waals surface area contributed by atoms with Crippen LogP contribution in [0.5, 0.6) is 5.75 Å². The normalized spacial score (nSPS) is 19.3. The monoisotopic (exact) mass is 411 g/mol. The number of nitrogens with zero attached hydrogens (tertiary/aromatic N) is 4. The number of nitrogens with one attached hydrogen (secondary N) is 1. The second-order valence-electron chi connectivity index (χ2n) is 8.20. The van der Waals surface area contributed by atoms with Crippen molar-refractivity contribution >= 4 is 18.7 Å². The van der Waals surface area contributed by atoms with E-state index in [1.54, 1.807) is 16.9 Å². The molecule has 0 aliphatic carbocycles. The molecule has 0 amide bonds. The maximum Gasteiger partial charge on any atom is 0.526 e. The van der Waals surface area contributed by atoms with Crippen LogP contribution < -0.4 is 9.97 Å². The van der Waals surface area contributed by atoms with Crippen molar-refractivity contribution in [2.24, 2.45) is 5.92 Å². The van der Waals surface area contributed by atoms with Crippen LogP contribution in [0.4, 0.5) is 0 Å². The molecule has 0 saturated carbocycles. The van der Waals surface area contributed by atoms with Crippen molar-refractivity contribution in [2.45, 2.75) is 51.4 Å². The molecule has 3 heterocycles. The number of benzene rings is 1. The molecule has 9 nitrogen and oxygen atoms in total. The van der Waals surface area contributed by atoms with Crippen LogP contribution in [0.25, 0.3) is 0 Å². The topological polar surface area (TPSA) is 119 Å². The van der Waals surface area contributed by atoms with E-state index < -0.39 is 7.12 Å². The number of para-hydroxylation sites is 1. The van der Waals surface area contributed by atoms with Gasteiger partial charge in [0.25, 0.3) is 0 Å². The summed E-state index contributed by atoms with van der Waals surface area (Å²) < 4.78 is 5.61. The average molecular weight is 411 g/mol. The first kappa shape index (κ1) is 20.7. The molecule has 10 heteroatoms. The van der Waals surface area contributed by atoms with Crippen molar-refractivity contribution in [1.29, 1.82) is 0 Å². The number of carbonyl (C=O) groups excluding carboxylic acids is 2. The number of piperidine rings is 1. The van der Waals surface area contributed by atoms with Gasteiger partial charge in [0.1, 0.15) is 11.5 Å². The number of ketones is 2. The van der Waals surface area contributed by atoms with Crippen LogP contribution >= 0.6 is 0 Å². The standard InChI is InChI=1S/C20H26BN5O4/c1-13(27)18-4-2-3-15-9-16(21(29)30-20(15)18)10-17(28)11-19-23-25-26(24-19)12-14-5-7-22-8-6-14/h2-4,14,16,22,29H,5-12H2,1H3/t16-/m1/s1. The van der Waals surface area contributed by atoms with E-state index in [-0.39, 0.29) is 30.2 Å². The first-order valence-corrected chi connectivity index (χ1v) is 10.5. The quantitative estimate of drug-likeness (QED) is 0.509. The fourth-order valence-electron chi connectivity index (χ4n) is 4.20. The molecule has 2 aliphatic rings. The second-order valence-corrected chi connectivity index (χ2v) is 8.20. The molecule has 2 N–H and O–H groups in total. The number of rotatable bonds is 7. The number of Topliss-reactive ketones (excluding diaryl/α,β-unsaturated/α-hetero) is 2. The molecular weight excluding hydrogens is 385 g/mol. The summed E-state index contributed by atoms with van der Waals surface area (Å²) in [6.45, 7) is 4.20. The molecule has 0 unspecified atom stereocenters. The van der Waals surface area contributed by atoms with Gasteiger partial charge in [-0.15, -0.1) is 10.2 Å². The summed E-state index contributed by atoms with van der Waals surface area (Å²) in [5.41, 5.74) is 1.28. The van der Waals surface area contributed by atoms with Gasteiger partial charge in [-0.25, -0.2) is 0 Å². The fourth-order valence-corrected chi connectivity index (χ4v) is 4.20. The maximum atomic E-state index is 12.6. The highest BCUT2D eigenvalue weighted by molar-refractivity contribution is 6.47. The van der Waals surface area contributed by atoms with Gasteiger partial charge in [-0.2, -0.15) is 4.80 Å². The fraction of sp³-hybridized carbons (Fsp3) is 0.550. The van der Waals surface area contributed by atoms with E-state index in [9.17, 15) is 14.6 Å². The van der Waals surface area contributed by atoms with Crippen LogP contribution in [-0.2, 0) is 24.2 Å². The summed E-state index contributed by atoms with van der Waals surface area (Å²) in [5, 5.41) is 26.2. The van der Waals surface area contributed by atoms with Gasteiger partial charge in [0.15, 0.2) is 11.6 Å². The van der Waals surface area contributed by atoms with Crippen molar-refractivity contribution in [2.75, 3.05) is 13.1 Å². The van der Waals surface area contributed by atoms with Gasteiger partial charge in [-0.3, -0.25) is 9.59 Å². The van der Waals surface area contributed by atoms with Crippen molar-refractivity contribution in [3.63, 3.8) is 0 Å². The molecule has 1 atom stereocenters. The lowest BCUT2D eigenvalue weighted by Crippen LogP contribution is -2.36. The molecule has 30 heavy (non-hydrogen) atoms. The molecule has 4 rings (SSSR count). The smallest absolute Gasteiger partial charge is 0.526 e. The van der Waals surface area contributed by atoms with Crippen LogP contribution in [0.3, 0.4) is 0 Å². The Morgan fingerprint density at radius 2 is 2.13 bits per heavy atom. The molecule has 0 bridgehead atoms. The van der Waals surface area contributed by atoms with Gasteiger partial charge in [0, 0.05) is 12.2 Å². The Balaban J connectivity index is 1.34. The summed E-state index contributed by atoms with van der Waals surface area (Å²) in [6, 6.07) is 5.33. The Labute approximate surface area is 175 Å². The van der Waals surface area contributed by atoms with E-state index in [2.05, 4.69) is 20.7 Å². The van der Waals surface area contributed by atoms with E-state index in [4.69, 9.17) is 4.65 Å². The van der Waals surface area contributed by atoms with E-state index >= 15 is 0 Å². The highest BCUT2D eigenvalue weighted by Gasteiger charge is 2.37. The number of aromatic nitrogens is 4. The minimum Gasteiger partial charge on any atom is -0.535 e. The van der Waals surface area contributed by atoms with E-state index in [1.807, 2.05) is 6.07 Å². The predicted molar refractivity (Wildman–Crippen MR) is 109 cm³/mol. The van der Waals surface area contributed by atoms with Gasteiger partial charge in [-0.05, 0) is 62.0 Å². The summed E-state index contributed by atoms with van der Waals surface area (Å²) >= 11 is 0. The predicted octanol–water partition coefficient (Wildman–Crippen LogP) is 0.863. The maximum absolute atomic E-state index is 12.6. The number of tetrazole rings is 1. The molecule has 0 radical (unpaired) electrons. The van der Waals surface area contributed by atoms with E-state index in [0.717, 1.165) is 31.5 Å². The molecular formula is C20H26BN5O4. The Bertz CT molecular complexity index is 928.